The molecule has 1 aromatic heterocycles. The van der Waals surface area contributed by atoms with Crippen LogP contribution in [-0.4, -0.2) is 58.1 Å². The quantitative estimate of drug-likeness (QED) is 0.888. The van der Waals surface area contributed by atoms with Crippen molar-refractivity contribution < 1.29 is 9.53 Å². The molecule has 136 valence electrons. The lowest BCUT2D eigenvalue weighted by atomic mass is 10.0. The minimum atomic E-state index is -0.343. The summed E-state index contributed by atoms with van der Waals surface area (Å²) in [6.07, 6.45) is 4.38. The molecule has 2 aromatic rings. The Morgan fingerprint density at radius 2 is 1.92 bits per heavy atom. The monoisotopic (exact) mass is 353 g/mol. The Bertz CT molecular complexity index is 767. The van der Waals surface area contributed by atoms with Crippen LogP contribution in [0.25, 0.3) is 0 Å². The summed E-state index contributed by atoms with van der Waals surface area (Å²) in [4.78, 5) is 24.4. The number of ether oxygens (including phenoxy) is 1. The molecule has 1 aromatic carbocycles. The molecule has 1 spiro atoms. The van der Waals surface area contributed by atoms with E-state index >= 15 is 0 Å². The Morgan fingerprint density at radius 1 is 1.15 bits per heavy atom. The fourth-order valence-corrected chi connectivity index (χ4v) is 3.63. The van der Waals surface area contributed by atoms with Crippen LogP contribution in [0.1, 0.15) is 17.5 Å². The average molecular weight is 353 g/mol. The topological polar surface area (TPSA) is 70.6 Å². The highest BCUT2D eigenvalue weighted by Crippen LogP contribution is 2.32. The summed E-state index contributed by atoms with van der Waals surface area (Å²) in [5.41, 5.74) is 1.91. The second-order valence-corrected chi connectivity index (χ2v) is 7.12. The van der Waals surface area contributed by atoms with Crippen molar-refractivity contribution in [2.24, 2.45) is 0 Å². The molecule has 2 aliphatic rings. The summed E-state index contributed by atoms with van der Waals surface area (Å²) in [6.45, 7) is 3.81. The largest absolute Gasteiger partial charge is 0.439 e. The number of hydrogen-bond donors (Lipinski definition) is 1. The molecule has 0 unspecified atom stereocenters. The number of likely N-dealkylation sites (tertiary alicyclic amines) is 1. The van der Waals surface area contributed by atoms with Crippen LogP contribution < -0.4 is 5.32 Å². The summed E-state index contributed by atoms with van der Waals surface area (Å²) in [7, 11) is 1.79. The first kappa shape index (κ1) is 16.8. The number of benzene rings is 1. The van der Waals surface area contributed by atoms with Gasteiger partial charge in [-0.3, -0.25) is 4.90 Å². The Kier molecular flexibility index (Phi) is 4.46. The van der Waals surface area contributed by atoms with Gasteiger partial charge in [-0.25, -0.2) is 14.8 Å². The van der Waals surface area contributed by atoms with Crippen molar-refractivity contribution in [2.75, 3.05) is 32.0 Å². The third kappa shape index (κ3) is 3.62. The highest BCUT2D eigenvalue weighted by atomic mass is 16.6. The van der Waals surface area contributed by atoms with Crippen LogP contribution in [0, 0.1) is 0 Å². The zero-order valence-electron chi connectivity index (χ0n) is 14.9. The third-order valence-corrected chi connectivity index (χ3v) is 4.94. The predicted molar refractivity (Wildman–Crippen MR) is 97.5 cm³/mol. The van der Waals surface area contributed by atoms with E-state index in [0.29, 0.717) is 19.0 Å². The Morgan fingerprint density at radius 3 is 2.62 bits per heavy atom. The number of aromatic nitrogens is 2. The van der Waals surface area contributed by atoms with Crippen LogP contribution in [0.3, 0.4) is 0 Å². The Labute approximate surface area is 153 Å². The molecule has 0 aliphatic carbocycles. The number of hydrogen-bond acceptors (Lipinski definition) is 6. The molecular weight excluding hydrogens is 330 g/mol. The van der Waals surface area contributed by atoms with Crippen LogP contribution in [0.5, 0.6) is 0 Å². The molecule has 1 amide bonds. The number of rotatable bonds is 5. The molecule has 2 aliphatic heterocycles. The van der Waals surface area contributed by atoms with Gasteiger partial charge in [0.25, 0.3) is 0 Å². The Hall–Kier alpha value is -2.67. The summed E-state index contributed by atoms with van der Waals surface area (Å²) in [5.74, 6) is 0.627. The highest BCUT2D eigenvalue weighted by Gasteiger charge is 2.48. The molecule has 2 fully saturated rings. The molecule has 7 nitrogen and oxygen atoms in total. The van der Waals surface area contributed by atoms with E-state index < -0.39 is 0 Å². The van der Waals surface area contributed by atoms with Crippen LogP contribution in [0.15, 0.2) is 42.7 Å². The normalized spacial score (nSPS) is 22.8. The lowest BCUT2D eigenvalue weighted by Crippen LogP contribution is -2.37. The zero-order valence-corrected chi connectivity index (χ0v) is 14.9. The predicted octanol–water partition coefficient (Wildman–Crippen LogP) is 2.12. The summed E-state index contributed by atoms with van der Waals surface area (Å²) >= 11 is 0. The van der Waals surface area contributed by atoms with E-state index in [1.165, 1.54) is 5.56 Å². The van der Waals surface area contributed by atoms with Crippen molar-refractivity contribution in [1.82, 2.24) is 19.8 Å². The van der Waals surface area contributed by atoms with Gasteiger partial charge >= 0.3 is 6.09 Å². The molecule has 26 heavy (non-hydrogen) atoms. The lowest BCUT2D eigenvalue weighted by molar-refractivity contribution is 0.0627. The minimum Gasteiger partial charge on any atom is -0.439 e. The number of nitrogens with zero attached hydrogens (tertiary/aromatic N) is 4. The first-order valence-corrected chi connectivity index (χ1v) is 8.87. The van der Waals surface area contributed by atoms with E-state index in [9.17, 15) is 4.79 Å². The number of carbonyl (C=O) groups excluding carboxylic acids is 1. The molecule has 3 heterocycles. The number of carbonyl (C=O) groups is 1. The molecule has 1 N–H and O–H groups in total. The number of nitrogens with one attached hydrogen (secondary N) is 1. The molecule has 1 atom stereocenters. The van der Waals surface area contributed by atoms with Gasteiger partial charge in [0, 0.05) is 57.6 Å². The van der Waals surface area contributed by atoms with Gasteiger partial charge in [0.05, 0.1) is 6.54 Å². The summed E-state index contributed by atoms with van der Waals surface area (Å²) < 4.78 is 5.59. The molecule has 0 radical (unpaired) electrons. The zero-order chi connectivity index (χ0) is 18.0. The Balaban J connectivity index is 1.30. The molecule has 2 saturated heterocycles. The highest BCUT2D eigenvalue weighted by molar-refractivity contribution is 5.70. The van der Waals surface area contributed by atoms with E-state index in [1.54, 1.807) is 11.9 Å². The van der Waals surface area contributed by atoms with Crippen molar-refractivity contribution in [3.63, 3.8) is 0 Å². The van der Waals surface area contributed by atoms with Crippen LogP contribution >= 0.6 is 0 Å². The molecular formula is C19H23N5O2. The maximum Gasteiger partial charge on any atom is 0.410 e. The van der Waals surface area contributed by atoms with Crippen LogP contribution in [0.4, 0.5) is 10.7 Å². The van der Waals surface area contributed by atoms with Crippen LogP contribution in [-0.2, 0) is 17.8 Å². The van der Waals surface area contributed by atoms with Crippen molar-refractivity contribution >= 4 is 12.0 Å². The lowest BCUT2D eigenvalue weighted by Gasteiger charge is -2.21. The second kappa shape index (κ2) is 6.92. The van der Waals surface area contributed by atoms with Gasteiger partial charge in [-0.15, -0.1) is 0 Å². The van der Waals surface area contributed by atoms with Gasteiger partial charge in [-0.2, -0.15) is 0 Å². The van der Waals surface area contributed by atoms with Gasteiger partial charge < -0.3 is 15.0 Å². The van der Waals surface area contributed by atoms with E-state index in [1.807, 2.05) is 30.6 Å². The molecule has 7 heteroatoms. The standard InChI is InChI=1S/C19H23N5O2/c1-23-13-19(26-18(23)25)7-8-24(14-19)12-16-10-21-17(22-11-16)20-9-15-5-3-2-4-6-15/h2-6,10-11H,7-9,12-14H2,1H3,(H,20,21,22)/t19-/m0/s1. The van der Waals surface area contributed by atoms with Gasteiger partial charge in [0.2, 0.25) is 5.95 Å². The van der Waals surface area contributed by atoms with E-state index in [2.05, 4.69) is 32.3 Å². The van der Waals surface area contributed by atoms with Crippen molar-refractivity contribution in [1.29, 1.82) is 0 Å². The van der Waals surface area contributed by atoms with E-state index in [4.69, 9.17) is 4.74 Å². The fraction of sp³-hybridized carbons (Fsp3) is 0.421. The summed E-state index contributed by atoms with van der Waals surface area (Å²) in [5, 5.41) is 3.23. The average Bonchev–Trinajstić information content (AvgIpc) is 3.16. The maximum atomic E-state index is 11.7. The molecule has 0 saturated carbocycles. The number of anilines is 1. The first-order valence-electron chi connectivity index (χ1n) is 8.87. The number of likely N-dealkylation sites (N-methyl/N-ethyl adjacent to an activating group) is 1. The number of amides is 1. The SMILES string of the molecule is CN1C[C@]2(CCN(Cc3cnc(NCc4ccccc4)nc3)C2)OC1=O. The fourth-order valence-electron chi connectivity index (χ4n) is 3.63. The second-order valence-electron chi connectivity index (χ2n) is 7.12. The van der Waals surface area contributed by atoms with Gasteiger partial charge in [0.15, 0.2) is 0 Å². The van der Waals surface area contributed by atoms with E-state index in [-0.39, 0.29) is 11.7 Å². The van der Waals surface area contributed by atoms with Gasteiger partial charge in [-0.05, 0) is 5.56 Å². The third-order valence-electron chi connectivity index (χ3n) is 4.94. The van der Waals surface area contributed by atoms with Crippen molar-refractivity contribution in [2.45, 2.75) is 25.1 Å². The van der Waals surface area contributed by atoms with Crippen molar-refractivity contribution in [3.8, 4) is 0 Å². The summed E-state index contributed by atoms with van der Waals surface area (Å²) in [6, 6.07) is 10.2. The first-order chi connectivity index (χ1) is 12.6. The van der Waals surface area contributed by atoms with Crippen LogP contribution in [0.2, 0.25) is 0 Å². The smallest absolute Gasteiger partial charge is 0.410 e. The van der Waals surface area contributed by atoms with Gasteiger partial charge in [0.1, 0.15) is 5.60 Å². The van der Waals surface area contributed by atoms with E-state index in [0.717, 1.165) is 31.6 Å². The van der Waals surface area contributed by atoms with Gasteiger partial charge in [-0.1, -0.05) is 30.3 Å². The van der Waals surface area contributed by atoms with Crippen molar-refractivity contribution in [3.05, 3.63) is 53.9 Å². The molecule has 0 bridgehead atoms. The molecule has 4 rings (SSSR count). The maximum absolute atomic E-state index is 11.7. The minimum absolute atomic E-state index is 0.218.